The van der Waals surface area contributed by atoms with Crippen LogP contribution in [0.4, 0.5) is 5.69 Å². The average molecular weight is 276 g/mol. The van der Waals surface area contributed by atoms with Gasteiger partial charge in [0.1, 0.15) is 10.6 Å². The lowest BCUT2D eigenvalue weighted by Gasteiger charge is -2.17. The van der Waals surface area contributed by atoms with Crippen molar-refractivity contribution in [2.24, 2.45) is 0 Å². The standard InChI is InChI=1S/C14H16N2O2S/c1-15-6-7-16(2)14(17)13-12(15)10-8-9(18-3)4-5-11(10)19-13/h4-5,8H,6-7H2,1-3H3. The van der Waals surface area contributed by atoms with Crippen molar-refractivity contribution in [2.45, 2.75) is 0 Å². The molecule has 0 saturated heterocycles. The first-order chi connectivity index (χ1) is 9.11. The normalized spacial score (nSPS) is 15.6. The molecule has 0 aliphatic carbocycles. The number of fused-ring (bicyclic) bond motifs is 3. The number of carbonyl (C=O) groups is 1. The molecule has 1 amide bonds. The summed E-state index contributed by atoms with van der Waals surface area (Å²) >= 11 is 1.56. The molecule has 0 radical (unpaired) electrons. The lowest BCUT2D eigenvalue weighted by atomic mass is 10.2. The Kier molecular flexibility index (Phi) is 2.86. The number of methoxy groups -OCH3 is 1. The van der Waals surface area contributed by atoms with Gasteiger partial charge in [-0.15, -0.1) is 11.3 Å². The molecule has 5 heteroatoms. The molecule has 1 aliphatic heterocycles. The molecule has 0 fully saturated rings. The second-order valence-electron chi connectivity index (χ2n) is 4.79. The molecule has 0 bridgehead atoms. The Balaban J connectivity index is 2.28. The van der Waals surface area contributed by atoms with Crippen LogP contribution in [0.1, 0.15) is 9.67 Å². The maximum absolute atomic E-state index is 12.4. The Morgan fingerprint density at radius 2 is 1.95 bits per heavy atom. The van der Waals surface area contributed by atoms with E-state index in [0.717, 1.165) is 39.5 Å². The molecule has 0 saturated carbocycles. The quantitative estimate of drug-likeness (QED) is 0.802. The third-order valence-electron chi connectivity index (χ3n) is 3.56. The number of rotatable bonds is 1. The van der Waals surface area contributed by atoms with Crippen molar-refractivity contribution in [1.82, 2.24) is 4.90 Å². The predicted octanol–water partition coefficient (Wildman–Crippen LogP) is 2.43. The van der Waals surface area contributed by atoms with Crippen LogP contribution >= 0.6 is 11.3 Å². The van der Waals surface area contributed by atoms with Gasteiger partial charge in [-0.25, -0.2) is 0 Å². The minimum atomic E-state index is 0.111. The van der Waals surface area contributed by atoms with Gasteiger partial charge in [0.05, 0.1) is 12.8 Å². The van der Waals surface area contributed by atoms with Crippen LogP contribution in [0.2, 0.25) is 0 Å². The third-order valence-corrected chi connectivity index (χ3v) is 4.71. The fourth-order valence-corrected chi connectivity index (χ4v) is 3.63. The monoisotopic (exact) mass is 276 g/mol. The van der Waals surface area contributed by atoms with Crippen molar-refractivity contribution in [3.8, 4) is 5.75 Å². The van der Waals surface area contributed by atoms with Gasteiger partial charge in [0.2, 0.25) is 0 Å². The highest BCUT2D eigenvalue weighted by Gasteiger charge is 2.27. The molecule has 1 aromatic carbocycles. The fourth-order valence-electron chi connectivity index (χ4n) is 2.40. The van der Waals surface area contributed by atoms with Crippen LogP contribution in [0.5, 0.6) is 5.75 Å². The Bertz CT molecular complexity index is 650. The largest absolute Gasteiger partial charge is 0.497 e. The van der Waals surface area contributed by atoms with Crippen LogP contribution in [0.25, 0.3) is 10.1 Å². The summed E-state index contributed by atoms with van der Waals surface area (Å²) in [5, 5.41) is 1.10. The molecule has 1 aromatic heterocycles. The maximum Gasteiger partial charge on any atom is 0.265 e. The van der Waals surface area contributed by atoms with Crippen LogP contribution < -0.4 is 9.64 Å². The number of likely N-dealkylation sites (N-methyl/N-ethyl adjacent to an activating group) is 2. The molecule has 4 nitrogen and oxygen atoms in total. The first kappa shape index (κ1) is 12.3. The SMILES string of the molecule is COc1ccc2sc3c(c2c1)N(C)CCN(C)C3=O. The van der Waals surface area contributed by atoms with Gasteiger partial charge in [-0.05, 0) is 18.2 Å². The van der Waals surface area contributed by atoms with Crippen molar-refractivity contribution in [3.05, 3.63) is 23.1 Å². The van der Waals surface area contributed by atoms with E-state index >= 15 is 0 Å². The molecule has 0 unspecified atom stereocenters. The zero-order valence-electron chi connectivity index (χ0n) is 11.3. The van der Waals surface area contributed by atoms with Crippen LogP contribution in [0.15, 0.2) is 18.2 Å². The van der Waals surface area contributed by atoms with Crippen molar-refractivity contribution in [2.75, 3.05) is 39.2 Å². The number of hydrogen-bond donors (Lipinski definition) is 0. The van der Waals surface area contributed by atoms with Crippen LogP contribution in [-0.2, 0) is 0 Å². The Morgan fingerprint density at radius 3 is 2.68 bits per heavy atom. The van der Waals surface area contributed by atoms with Gasteiger partial charge >= 0.3 is 0 Å². The number of anilines is 1. The van der Waals surface area contributed by atoms with E-state index in [1.165, 1.54) is 0 Å². The minimum Gasteiger partial charge on any atom is -0.497 e. The third kappa shape index (κ3) is 1.85. The topological polar surface area (TPSA) is 32.8 Å². The van der Waals surface area contributed by atoms with E-state index in [2.05, 4.69) is 4.90 Å². The van der Waals surface area contributed by atoms with Crippen molar-refractivity contribution in [1.29, 1.82) is 0 Å². The lowest BCUT2D eigenvalue weighted by molar-refractivity contribution is 0.0809. The molecule has 3 rings (SSSR count). The smallest absolute Gasteiger partial charge is 0.265 e. The van der Waals surface area contributed by atoms with E-state index < -0.39 is 0 Å². The molecular formula is C14H16N2O2S. The van der Waals surface area contributed by atoms with E-state index in [0.29, 0.717) is 0 Å². The van der Waals surface area contributed by atoms with Gasteiger partial charge in [0.15, 0.2) is 0 Å². The van der Waals surface area contributed by atoms with Crippen molar-refractivity contribution in [3.63, 3.8) is 0 Å². The Morgan fingerprint density at radius 1 is 1.21 bits per heavy atom. The molecule has 1 aliphatic rings. The Labute approximate surface area is 116 Å². The van der Waals surface area contributed by atoms with Gasteiger partial charge in [0.25, 0.3) is 5.91 Å². The van der Waals surface area contributed by atoms with Crippen molar-refractivity contribution < 1.29 is 9.53 Å². The molecule has 0 atom stereocenters. The molecule has 2 aromatic rings. The van der Waals surface area contributed by atoms with Gasteiger partial charge in [-0.3, -0.25) is 4.79 Å². The first-order valence-corrected chi connectivity index (χ1v) is 7.00. The summed E-state index contributed by atoms with van der Waals surface area (Å²) in [7, 11) is 5.56. The number of amides is 1. The van der Waals surface area contributed by atoms with E-state index in [-0.39, 0.29) is 5.91 Å². The minimum absolute atomic E-state index is 0.111. The number of nitrogens with zero attached hydrogens (tertiary/aromatic N) is 2. The van der Waals surface area contributed by atoms with Crippen LogP contribution in [0, 0.1) is 0 Å². The maximum atomic E-state index is 12.4. The predicted molar refractivity (Wildman–Crippen MR) is 78.6 cm³/mol. The molecular weight excluding hydrogens is 260 g/mol. The van der Waals surface area contributed by atoms with E-state index in [9.17, 15) is 4.79 Å². The van der Waals surface area contributed by atoms with Gasteiger partial charge in [0, 0.05) is 37.3 Å². The number of benzene rings is 1. The highest BCUT2D eigenvalue weighted by atomic mass is 32.1. The molecule has 0 N–H and O–H groups in total. The molecule has 19 heavy (non-hydrogen) atoms. The van der Waals surface area contributed by atoms with Crippen molar-refractivity contribution >= 4 is 33.0 Å². The summed E-state index contributed by atoms with van der Waals surface area (Å²) in [6, 6.07) is 5.97. The fraction of sp³-hybridized carbons (Fsp3) is 0.357. The summed E-state index contributed by atoms with van der Waals surface area (Å²) in [5.41, 5.74) is 1.04. The number of ether oxygens (including phenoxy) is 1. The summed E-state index contributed by atoms with van der Waals surface area (Å²) < 4.78 is 6.41. The Hall–Kier alpha value is -1.75. The highest BCUT2D eigenvalue weighted by Crippen LogP contribution is 2.41. The molecule has 100 valence electrons. The zero-order valence-corrected chi connectivity index (χ0v) is 12.1. The van der Waals surface area contributed by atoms with Crippen LogP contribution in [-0.4, -0.2) is 45.1 Å². The van der Waals surface area contributed by atoms with E-state index in [4.69, 9.17) is 4.74 Å². The van der Waals surface area contributed by atoms with Gasteiger partial charge in [-0.1, -0.05) is 0 Å². The number of thiophene rings is 1. The first-order valence-electron chi connectivity index (χ1n) is 6.19. The summed E-state index contributed by atoms with van der Waals surface area (Å²) in [5.74, 6) is 0.936. The lowest BCUT2D eigenvalue weighted by Crippen LogP contribution is -2.29. The van der Waals surface area contributed by atoms with Gasteiger partial charge in [-0.2, -0.15) is 0 Å². The molecule has 2 heterocycles. The number of carbonyl (C=O) groups excluding carboxylic acids is 1. The second-order valence-corrected chi connectivity index (χ2v) is 5.84. The van der Waals surface area contributed by atoms with Crippen LogP contribution in [0.3, 0.4) is 0 Å². The van der Waals surface area contributed by atoms with Gasteiger partial charge < -0.3 is 14.5 Å². The summed E-state index contributed by atoms with van der Waals surface area (Å²) in [6.45, 7) is 1.60. The highest BCUT2D eigenvalue weighted by molar-refractivity contribution is 7.21. The zero-order chi connectivity index (χ0) is 13.6. The van der Waals surface area contributed by atoms with E-state index in [1.54, 1.807) is 23.3 Å². The second kappa shape index (κ2) is 4.42. The average Bonchev–Trinajstić information content (AvgIpc) is 2.77. The summed E-state index contributed by atoms with van der Waals surface area (Å²) in [6.07, 6.45) is 0. The molecule has 0 spiro atoms. The summed E-state index contributed by atoms with van der Waals surface area (Å²) in [4.78, 5) is 17.2. The number of hydrogen-bond acceptors (Lipinski definition) is 4. The van der Waals surface area contributed by atoms with E-state index in [1.807, 2.05) is 32.3 Å².